The quantitative estimate of drug-likeness (QED) is 0.134. The lowest BCUT2D eigenvalue weighted by Gasteiger charge is -2.39. The number of esters is 2. The Morgan fingerprint density at radius 1 is 0.907 bits per heavy atom. The van der Waals surface area contributed by atoms with Crippen LogP contribution in [0, 0.1) is 0 Å². The van der Waals surface area contributed by atoms with Crippen LogP contribution in [0.5, 0.6) is 46.0 Å². The minimum Gasteiger partial charge on any atom is -0.508 e. The summed E-state index contributed by atoms with van der Waals surface area (Å²) in [5.41, 5.74) is -0.159. The van der Waals surface area contributed by atoms with Crippen LogP contribution in [0.15, 0.2) is 42.5 Å². The minimum absolute atomic E-state index is 0.0442. The van der Waals surface area contributed by atoms with Gasteiger partial charge in [0.05, 0.1) is 23.5 Å². The number of thioether (sulfide) groups is 1. The maximum Gasteiger partial charge on any atom is 0.338 e. The molecule has 1 aliphatic heterocycles. The van der Waals surface area contributed by atoms with Gasteiger partial charge in [-0.2, -0.15) is 0 Å². The molecule has 1 aliphatic rings. The number of carbonyl (C=O) groups is 3. The van der Waals surface area contributed by atoms with Crippen LogP contribution in [-0.4, -0.2) is 78.6 Å². The Labute approximate surface area is 247 Å². The van der Waals surface area contributed by atoms with E-state index < -0.39 is 75.8 Å². The second-order valence-corrected chi connectivity index (χ2v) is 10.6. The van der Waals surface area contributed by atoms with Crippen molar-refractivity contribution in [1.29, 1.82) is 0 Å². The van der Waals surface area contributed by atoms with Crippen molar-refractivity contribution >= 4 is 29.6 Å². The van der Waals surface area contributed by atoms with Gasteiger partial charge in [-0.15, -0.1) is 11.8 Å². The first kappa shape index (κ1) is 30.8. The first-order valence-corrected chi connectivity index (χ1v) is 13.5. The fourth-order valence-corrected chi connectivity index (χ4v) is 5.87. The molecule has 8 N–H and O–H groups in total. The second-order valence-electron chi connectivity index (χ2n) is 9.43. The first-order chi connectivity index (χ1) is 20.3. The Kier molecular flexibility index (Phi) is 8.85. The summed E-state index contributed by atoms with van der Waals surface area (Å²) in [5.74, 6) is -6.98. The Morgan fingerprint density at radius 3 is 2.19 bits per heavy atom. The van der Waals surface area contributed by atoms with Crippen LogP contribution in [-0.2, 0) is 19.1 Å². The van der Waals surface area contributed by atoms with E-state index in [0.29, 0.717) is 0 Å². The number of carbonyl (C=O) groups excluding carboxylic acids is 3. The molecule has 3 aromatic rings. The van der Waals surface area contributed by atoms with Crippen LogP contribution in [0.4, 0.5) is 0 Å². The molecule has 1 amide bonds. The standard InChI is InChI=1S/C28H27NO13S/c1-11(30)29-15(28(39)40-2)10-43-26-22-18(34)8-14(31)9-21(22)41-24(12-3-4-16(32)17(33)5-12)25(26)42-27(38)13-6-19(35)23(37)20(36)7-13/h3-9,15,24-26,31-37H,10H2,1-2H3,(H,29,30)/t15-,24+,25-,26-/m0/s1. The molecule has 43 heavy (non-hydrogen) atoms. The first-order valence-electron chi connectivity index (χ1n) is 12.5. The number of phenols is 7. The van der Waals surface area contributed by atoms with E-state index in [1.165, 1.54) is 19.1 Å². The van der Waals surface area contributed by atoms with Gasteiger partial charge in [0.1, 0.15) is 23.3 Å². The van der Waals surface area contributed by atoms with Crippen molar-refractivity contribution in [3.05, 3.63) is 59.2 Å². The van der Waals surface area contributed by atoms with Crippen LogP contribution in [0.3, 0.4) is 0 Å². The van der Waals surface area contributed by atoms with E-state index in [9.17, 15) is 50.1 Å². The summed E-state index contributed by atoms with van der Waals surface area (Å²) in [5, 5.41) is 72.0. The van der Waals surface area contributed by atoms with Crippen molar-refractivity contribution in [3.63, 3.8) is 0 Å². The number of phenolic OH excluding ortho intramolecular Hbond substituents is 7. The molecule has 0 radical (unpaired) electrons. The predicted molar refractivity (Wildman–Crippen MR) is 148 cm³/mol. The summed E-state index contributed by atoms with van der Waals surface area (Å²) >= 11 is 0.949. The van der Waals surface area contributed by atoms with Gasteiger partial charge in [-0.05, 0) is 24.3 Å². The molecule has 0 aliphatic carbocycles. The van der Waals surface area contributed by atoms with Crippen LogP contribution in [0.2, 0.25) is 0 Å². The van der Waals surface area contributed by atoms with Gasteiger partial charge in [-0.1, -0.05) is 6.07 Å². The molecule has 0 aromatic heterocycles. The molecule has 1 heterocycles. The van der Waals surface area contributed by atoms with Crippen molar-refractivity contribution in [3.8, 4) is 46.0 Å². The Hall–Kier alpha value is -5.18. The maximum atomic E-state index is 13.3. The highest BCUT2D eigenvalue weighted by Gasteiger charge is 2.45. The highest BCUT2D eigenvalue weighted by Crippen LogP contribution is 2.54. The largest absolute Gasteiger partial charge is 0.508 e. The minimum atomic E-state index is -1.40. The summed E-state index contributed by atoms with van der Waals surface area (Å²) in [6.45, 7) is 1.19. The molecule has 4 rings (SSSR count). The molecular weight excluding hydrogens is 590 g/mol. The second kappa shape index (κ2) is 12.4. The number of rotatable bonds is 8. The topological polar surface area (TPSA) is 233 Å². The third-order valence-electron chi connectivity index (χ3n) is 6.42. The molecular formula is C28H27NO13S. The van der Waals surface area contributed by atoms with Gasteiger partial charge in [-0.25, -0.2) is 9.59 Å². The summed E-state index contributed by atoms with van der Waals surface area (Å²) in [6.07, 6.45) is -2.68. The highest BCUT2D eigenvalue weighted by molar-refractivity contribution is 7.99. The fraction of sp³-hybridized carbons (Fsp3) is 0.250. The number of nitrogens with one attached hydrogen (secondary N) is 1. The van der Waals surface area contributed by atoms with Crippen LogP contribution >= 0.6 is 11.8 Å². The third kappa shape index (κ3) is 6.51. The molecule has 15 heteroatoms. The van der Waals surface area contributed by atoms with Crippen molar-refractivity contribution in [2.45, 2.75) is 30.4 Å². The fourth-order valence-electron chi connectivity index (χ4n) is 4.45. The van der Waals surface area contributed by atoms with Gasteiger partial charge in [-0.3, -0.25) is 4.79 Å². The van der Waals surface area contributed by atoms with E-state index in [1.807, 2.05) is 0 Å². The predicted octanol–water partition coefficient (Wildman–Crippen LogP) is 2.44. The number of hydrogen-bond acceptors (Lipinski definition) is 14. The van der Waals surface area contributed by atoms with Gasteiger partial charge < -0.3 is 55.3 Å². The van der Waals surface area contributed by atoms with Gasteiger partial charge in [0.25, 0.3) is 0 Å². The van der Waals surface area contributed by atoms with Crippen LogP contribution in [0.1, 0.15) is 39.8 Å². The van der Waals surface area contributed by atoms with Gasteiger partial charge in [0, 0.05) is 30.4 Å². The molecule has 3 aromatic carbocycles. The highest BCUT2D eigenvalue weighted by atomic mass is 32.2. The van der Waals surface area contributed by atoms with E-state index in [-0.39, 0.29) is 33.9 Å². The zero-order chi connectivity index (χ0) is 31.6. The van der Waals surface area contributed by atoms with Gasteiger partial charge in [0.15, 0.2) is 41.0 Å². The number of benzene rings is 3. The summed E-state index contributed by atoms with van der Waals surface area (Å²) in [4.78, 5) is 37.5. The lowest BCUT2D eigenvalue weighted by Crippen LogP contribution is -2.43. The van der Waals surface area contributed by atoms with E-state index in [2.05, 4.69) is 5.32 Å². The van der Waals surface area contributed by atoms with Crippen molar-refractivity contribution < 1.29 is 64.3 Å². The normalized spacial score (nSPS) is 18.0. The molecule has 4 atom stereocenters. The summed E-state index contributed by atoms with van der Waals surface area (Å²) < 4.78 is 16.6. The van der Waals surface area contributed by atoms with Crippen molar-refractivity contribution in [2.24, 2.45) is 0 Å². The van der Waals surface area contributed by atoms with Crippen LogP contribution < -0.4 is 10.1 Å². The summed E-state index contributed by atoms with van der Waals surface area (Å²) in [6, 6.07) is 6.39. The summed E-state index contributed by atoms with van der Waals surface area (Å²) in [7, 11) is 1.13. The molecule has 0 bridgehead atoms. The molecule has 0 fully saturated rings. The van der Waals surface area contributed by atoms with Crippen molar-refractivity contribution in [2.75, 3.05) is 12.9 Å². The Morgan fingerprint density at radius 2 is 1.58 bits per heavy atom. The average Bonchev–Trinajstić information content (AvgIpc) is 2.94. The van der Waals surface area contributed by atoms with Crippen molar-refractivity contribution in [1.82, 2.24) is 5.32 Å². The maximum absolute atomic E-state index is 13.3. The average molecular weight is 618 g/mol. The zero-order valence-electron chi connectivity index (χ0n) is 22.5. The number of aromatic hydroxyl groups is 7. The number of fused-ring (bicyclic) bond motifs is 1. The number of amides is 1. The molecule has 0 saturated heterocycles. The Bertz CT molecular complexity index is 1550. The lowest BCUT2D eigenvalue weighted by atomic mass is 9.93. The van der Waals surface area contributed by atoms with E-state index >= 15 is 0 Å². The van der Waals surface area contributed by atoms with Gasteiger partial charge in [0.2, 0.25) is 5.91 Å². The van der Waals surface area contributed by atoms with E-state index in [0.717, 1.165) is 49.2 Å². The van der Waals surface area contributed by atoms with E-state index in [4.69, 9.17) is 14.2 Å². The number of ether oxygens (including phenoxy) is 3. The molecule has 0 spiro atoms. The zero-order valence-corrected chi connectivity index (χ0v) is 23.4. The monoisotopic (exact) mass is 617 g/mol. The SMILES string of the molecule is COC(=O)[C@H](CS[C@H]1c2c(O)cc(O)cc2O[C@H](c2ccc(O)c(O)c2)[C@@H]1OC(=O)c1cc(O)c(O)c(O)c1)NC(C)=O. The Balaban J connectivity index is 1.84. The molecule has 0 saturated carbocycles. The van der Waals surface area contributed by atoms with Crippen LogP contribution in [0.25, 0.3) is 0 Å². The lowest BCUT2D eigenvalue weighted by molar-refractivity contribution is -0.144. The molecule has 0 unspecified atom stereocenters. The third-order valence-corrected chi connectivity index (χ3v) is 7.81. The van der Waals surface area contributed by atoms with Gasteiger partial charge >= 0.3 is 11.9 Å². The number of hydrogen-bond donors (Lipinski definition) is 8. The molecule has 14 nitrogen and oxygen atoms in total. The smallest absolute Gasteiger partial charge is 0.338 e. The number of methoxy groups -OCH3 is 1. The molecule has 228 valence electrons. The van der Waals surface area contributed by atoms with E-state index in [1.54, 1.807) is 0 Å².